The number of piperidine rings is 1. The average Bonchev–Trinajstić information content (AvgIpc) is 2.71. The third kappa shape index (κ3) is 4.68. The molecule has 2 heterocycles. The summed E-state index contributed by atoms with van der Waals surface area (Å²) in [7, 11) is 1.40. The third-order valence-corrected chi connectivity index (χ3v) is 4.71. The van der Waals surface area contributed by atoms with Gasteiger partial charge >= 0.3 is 5.97 Å². The van der Waals surface area contributed by atoms with E-state index in [9.17, 15) is 10.0 Å². The van der Waals surface area contributed by atoms with Crippen molar-refractivity contribution in [3.05, 3.63) is 53.2 Å². The van der Waals surface area contributed by atoms with E-state index in [2.05, 4.69) is 10.1 Å². The van der Waals surface area contributed by atoms with Crippen LogP contribution in [-0.4, -0.2) is 47.1 Å². The summed E-state index contributed by atoms with van der Waals surface area (Å²) in [6, 6.07) is 10.5. The van der Waals surface area contributed by atoms with E-state index >= 15 is 0 Å². The minimum absolute atomic E-state index is 0.112. The maximum Gasteiger partial charge on any atom is 0.308 e. The normalized spacial score (nSPS) is 15.5. The summed E-state index contributed by atoms with van der Waals surface area (Å²) >= 11 is 5.86. The van der Waals surface area contributed by atoms with Gasteiger partial charge in [0.25, 0.3) is 0 Å². The molecule has 142 valence electrons. The summed E-state index contributed by atoms with van der Waals surface area (Å²) in [5, 5.41) is 13.5. The molecule has 0 amide bonds. The summed E-state index contributed by atoms with van der Waals surface area (Å²) in [4.78, 5) is 17.8. The Hall–Kier alpha value is -2.80. The molecular weight excluding hydrogens is 370 g/mol. The van der Waals surface area contributed by atoms with Gasteiger partial charge in [-0.15, -0.1) is 0 Å². The Morgan fingerprint density at radius 3 is 2.48 bits per heavy atom. The maximum absolute atomic E-state index is 11.6. The van der Waals surface area contributed by atoms with Gasteiger partial charge in [0.1, 0.15) is 5.75 Å². The number of carbonyl (C=O) groups excluding carboxylic acids is 1. The van der Waals surface area contributed by atoms with Crippen LogP contribution < -0.4 is 4.74 Å². The molecule has 0 aliphatic carbocycles. The zero-order valence-corrected chi connectivity index (χ0v) is 15.6. The number of carbonyl (C=O) groups is 1. The minimum atomic E-state index is -0.192. The van der Waals surface area contributed by atoms with E-state index in [-0.39, 0.29) is 11.9 Å². The number of oxime groups is 1. The largest absolute Gasteiger partial charge is 0.469 e. The molecule has 3 rings (SSSR count). The van der Waals surface area contributed by atoms with E-state index < -0.39 is 0 Å². The lowest BCUT2D eigenvalue weighted by Gasteiger charge is -2.32. The first-order valence-electron chi connectivity index (χ1n) is 8.55. The molecule has 2 aromatic rings. The lowest BCUT2D eigenvalue weighted by molar-refractivity contribution is -0.146. The van der Waals surface area contributed by atoms with Crippen molar-refractivity contribution in [1.29, 1.82) is 0 Å². The first-order valence-corrected chi connectivity index (χ1v) is 8.93. The number of halogens is 1. The van der Waals surface area contributed by atoms with E-state index in [1.165, 1.54) is 7.11 Å². The lowest BCUT2D eigenvalue weighted by Crippen LogP contribution is -2.41. The summed E-state index contributed by atoms with van der Waals surface area (Å²) < 4.78 is 10.5. The van der Waals surface area contributed by atoms with Crippen molar-refractivity contribution in [2.45, 2.75) is 12.8 Å². The molecule has 8 heteroatoms. The first-order chi connectivity index (χ1) is 13.1. The molecule has 1 aliphatic rings. The van der Waals surface area contributed by atoms with Crippen molar-refractivity contribution in [3.8, 4) is 11.6 Å². The molecule has 1 aromatic carbocycles. The zero-order valence-electron chi connectivity index (χ0n) is 14.8. The molecule has 0 bridgehead atoms. The molecule has 0 spiro atoms. The fourth-order valence-electron chi connectivity index (χ4n) is 2.99. The van der Waals surface area contributed by atoms with Gasteiger partial charge < -0.3 is 19.6 Å². The van der Waals surface area contributed by atoms with Crippen molar-refractivity contribution in [1.82, 2.24) is 9.88 Å². The maximum atomic E-state index is 11.6. The number of amidine groups is 1. The number of nitrogens with zero attached hydrogens (tertiary/aromatic N) is 3. The van der Waals surface area contributed by atoms with Gasteiger partial charge in [-0.3, -0.25) is 4.79 Å². The summed E-state index contributed by atoms with van der Waals surface area (Å²) in [6.07, 6.45) is 2.89. The highest BCUT2D eigenvalue weighted by atomic mass is 35.5. The van der Waals surface area contributed by atoms with Gasteiger partial charge in [-0.2, -0.15) is 0 Å². The van der Waals surface area contributed by atoms with Crippen LogP contribution in [0.25, 0.3) is 0 Å². The van der Waals surface area contributed by atoms with E-state index in [0.29, 0.717) is 54.0 Å². The summed E-state index contributed by atoms with van der Waals surface area (Å²) in [5.74, 6) is 1.16. The molecule has 7 nitrogen and oxygen atoms in total. The quantitative estimate of drug-likeness (QED) is 0.283. The molecule has 1 fully saturated rings. The van der Waals surface area contributed by atoms with Gasteiger partial charge in [-0.05, 0) is 43.2 Å². The number of pyridine rings is 1. The smallest absolute Gasteiger partial charge is 0.308 e. The second-order valence-electron chi connectivity index (χ2n) is 6.15. The number of methoxy groups -OCH3 is 1. The Kier molecular flexibility index (Phi) is 6.13. The molecule has 0 saturated carbocycles. The Morgan fingerprint density at radius 1 is 1.22 bits per heavy atom. The van der Waals surface area contributed by atoms with Crippen LogP contribution in [-0.2, 0) is 9.53 Å². The summed E-state index contributed by atoms with van der Waals surface area (Å²) in [5.41, 5.74) is 0.664. The van der Waals surface area contributed by atoms with Crippen LogP contribution >= 0.6 is 11.6 Å². The van der Waals surface area contributed by atoms with Crippen LogP contribution in [0.5, 0.6) is 11.6 Å². The van der Waals surface area contributed by atoms with Crippen molar-refractivity contribution in [2.75, 3.05) is 20.2 Å². The fourth-order valence-corrected chi connectivity index (χ4v) is 3.12. The Bertz CT molecular complexity index is 801. The highest BCUT2D eigenvalue weighted by Crippen LogP contribution is 2.23. The molecule has 1 saturated heterocycles. The second kappa shape index (κ2) is 8.73. The van der Waals surface area contributed by atoms with E-state index in [1.54, 1.807) is 42.6 Å². The number of likely N-dealkylation sites (tertiary alicyclic amines) is 1. The SMILES string of the molecule is COC(=O)C1CCN(/C(=N\O)c2ccc(Oc3ccc(Cl)cc3)nc2)CC1. The van der Waals surface area contributed by atoms with Gasteiger partial charge in [0.05, 0.1) is 13.0 Å². The molecule has 0 unspecified atom stereocenters. The second-order valence-corrected chi connectivity index (χ2v) is 6.59. The molecule has 27 heavy (non-hydrogen) atoms. The lowest BCUT2D eigenvalue weighted by atomic mass is 9.96. The van der Waals surface area contributed by atoms with Crippen molar-refractivity contribution >= 4 is 23.4 Å². The Labute approximate surface area is 162 Å². The van der Waals surface area contributed by atoms with Crippen molar-refractivity contribution in [3.63, 3.8) is 0 Å². The summed E-state index contributed by atoms with van der Waals surface area (Å²) in [6.45, 7) is 1.20. The standard InChI is InChI=1S/C19H20ClN3O4/c1-26-19(24)13-8-10-23(11-9-13)18(22-25)14-2-7-17(21-12-14)27-16-5-3-15(20)4-6-16/h2-7,12-13,25H,8-11H2,1H3/b22-18-. The van der Waals surface area contributed by atoms with Crippen molar-refractivity contribution in [2.24, 2.45) is 11.1 Å². The minimum Gasteiger partial charge on any atom is -0.469 e. The van der Waals surface area contributed by atoms with Crippen LogP contribution in [0.2, 0.25) is 5.02 Å². The number of ether oxygens (including phenoxy) is 2. The number of aromatic nitrogens is 1. The number of hydrogen-bond donors (Lipinski definition) is 1. The van der Waals surface area contributed by atoms with Gasteiger partial charge in [-0.25, -0.2) is 4.98 Å². The molecule has 0 radical (unpaired) electrons. The number of hydrogen-bond acceptors (Lipinski definition) is 6. The van der Waals surface area contributed by atoms with Gasteiger partial charge in [-0.1, -0.05) is 16.8 Å². The van der Waals surface area contributed by atoms with Crippen LogP contribution in [0.4, 0.5) is 0 Å². The van der Waals surface area contributed by atoms with Crippen LogP contribution in [0.3, 0.4) is 0 Å². The zero-order chi connectivity index (χ0) is 19.2. The Morgan fingerprint density at radius 2 is 1.93 bits per heavy atom. The predicted octanol–water partition coefficient (Wildman–Crippen LogP) is 3.55. The molecular formula is C19H20ClN3O4. The van der Waals surface area contributed by atoms with Gasteiger partial charge in [0.15, 0.2) is 5.84 Å². The Balaban J connectivity index is 1.64. The van der Waals surface area contributed by atoms with Gasteiger partial charge in [0.2, 0.25) is 5.88 Å². The fraction of sp³-hybridized carbons (Fsp3) is 0.316. The van der Waals surface area contributed by atoms with E-state index in [4.69, 9.17) is 21.1 Å². The average molecular weight is 390 g/mol. The first kappa shape index (κ1) is 19.0. The number of benzene rings is 1. The highest BCUT2D eigenvalue weighted by Gasteiger charge is 2.28. The molecule has 1 aromatic heterocycles. The number of esters is 1. The number of rotatable bonds is 4. The molecule has 1 aliphatic heterocycles. The molecule has 1 N–H and O–H groups in total. The topological polar surface area (TPSA) is 84.2 Å². The monoisotopic (exact) mass is 389 g/mol. The van der Waals surface area contributed by atoms with E-state index in [0.717, 1.165) is 0 Å². The van der Waals surface area contributed by atoms with Crippen LogP contribution in [0, 0.1) is 5.92 Å². The third-order valence-electron chi connectivity index (χ3n) is 4.45. The predicted molar refractivity (Wildman–Crippen MR) is 100 cm³/mol. The highest BCUT2D eigenvalue weighted by molar-refractivity contribution is 6.30. The van der Waals surface area contributed by atoms with Gasteiger partial charge in [0, 0.05) is 35.9 Å². The van der Waals surface area contributed by atoms with E-state index in [1.807, 2.05) is 4.90 Å². The van der Waals surface area contributed by atoms with Crippen molar-refractivity contribution < 1.29 is 19.5 Å². The molecule has 0 atom stereocenters. The van der Waals surface area contributed by atoms with Crippen LogP contribution in [0.15, 0.2) is 47.8 Å². The van der Waals surface area contributed by atoms with Crippen LogP contribution in [0.1, 0.15) is 18.4 Å².